The Morgan fingerprint density at radius 3 is 2.12 bits per heavy atom. The van der Waals surface area contributed by atoms with Crippen LogP contribution in [0, 0.1) is 11.8 Å². The number of hydrogen-bond acceptors (Lipinski definition) is 7. The van der Waals surface area contributed by atoms with Crippen molar-refractivity contribution in [2.75, 3.05) is 14.2 Å². The van der Waals surface area contributed by atoms with Gasteiger partial charge >= 0.3 is 252 Å². The Bertz CT molecular complexity index is 1560. The summed E-state index contributed by atoms with van der Waals surface area (Å²) in [6, 6.07) is 3.75. The van der Waals surface area contributed by atoms with Crippen molar-refractivity contribution >= 4 is 34.6 Å². The van der Waals surface area contributed by atoms with E-state index < -0.39 is 52.0 Å². The molecule has 1 aliphatic carbocycles. The maximum atomic E-state index is 12.9. The van der Waals surface area contributed by atoms with Gasteiger partial charge < -0.3 is 4.18 Å². The molecule has 278 valence electrons. The van der Waals surface area contributed by atoms with Crippen molar-refractivity contribution < 1.29 is 44.7 Å². The molecule has 12 heteroatoms. The predicted octanol–water partition coefficient (Wildman–Crippen LogP) is 10.3. The summed E-state index contributed by atoms with van der Waals surface area (Å²) in [7, 11) is -2.66. The number of unbranched alkanes of at least 4 members (excludes halogenated alkanes) is 3. The van der Waals surface area contributed by atoms with Crippen LogP contribution < -0.4 is 9.47 Å². The minimum atomic E-state index is -5.80. The molecule has 1 aliphatic heterocycles. The molecule has 2 aliphatic rings. The summed E-state index contributed by atoms with van der Waals surface area (Å²) >= 11 is -2.50. The summed E-state index contributed by atoms with van der Waals surface area (Å²) in [5.41, 5.74) is -3.68. The quantitative estimate of drug-likeness (QED) is 0.0509. The number of benzene rings is 1. The van der Waals surface area contributed by atoms with Gasteiger partial charge in [-0.3, -0.25) is 0 Å². The Labute approximate surface area is 301 Å². The Hall–Kier alpha value is -2.40. The van der Waals surface area contributed by atoms with E-state index in [9.17, 15) is 21.6 Å². The van der Waals surface area contributed by atoms with Crippen molar-refractivity contribution in [2.45, 2.75) is 123 Å². The van der Waals surface area contributed by atoms with Crippen LogP contribution in [0.1, 0.15) is 103 Å². The Morgan fingerprint density at radius 2 is 1.56 bits per heavy atom. The minimum absolute atomic E-state index is 0.250. The van der Waals surface area contributed by atoms with Gasteiger partial charge in [-0.1, -0.05) is 0 Å². The van der Waals surface area contributed by atoms with Crippen LogP contribution in [0.2, 0.25) is 13.3 Å². The zero-order valence-electron chi connectivity index (χ0n) is 30.5. The van der Waals surface area contributed by atoms with Crippen LogP contribution in [0.3, 0.4) is 0 Å². The SMILES string of the molecule is CCC[CH2][Sn](/[CH]=C/C=C/c1cc(OC)c(OC)cc1[C@H]1OC(C)(C)O[C@@H]1C#C/C=C1/CCC=C1OS(=O)(=O)C(F)(F)F)([CH2]CCC)[CH2]CCC. The molecule has 0 bridgehead atoms. The predicted molar refractivity (Wildman–Crippen MR) is 195 cm³/mol. The third-order valence-corrected chi connectivity index (χ3v) is 24.0. The van der Waals surface area contributed by atoms with Gasteiger partial charge in [0.05, 0.1) is 0 Å². The number of allylic oxidation sites excluding steroid dienone is 5. The monoisotopic (exact) mass is 830 g/mol. The fraction of sp³-hybridized carbons (Fsp3) is 0.579. The van der Waals surface area contributed by atoms with Gasteiger partial charge in [0.25, 0.3) is 0 Å². The fourth-order valence-corrected chi connectivity index (χ4v) is 20.9. The van der Waals surface area contributed by atoms with E-state index >= 15 is 0 Å². The van der Waals surface area contributed by atoms with Gasteiger partial charge in [0.2, 0.25) is 0 Å². The first-order valence-corrected chi connectivity index (χ1v) is 26.6. The van der Waals surface area contributed by atoms with Crippen molar-refractivity contribution in [3.8, 4) is 23.3 Å². The van der Waals surface area contributed by atoms with Crippen LogP contribution in [0.4, 0.5) is 13.2 Å². The van der Waals surface area contributed by atoms with Gasteiger partial charge in [0, 0.05) is 0 Å². The molecule has 7 nitrogen and oxygen atoms in total. The van der Waals surface area contributed by atoms with E-state index in [1.54, 1.807) is 28.1 Å². The molecule has 1 aromatic rings. The summed E-state index contributed by atoms with van der Waals surface area (Å²) in [4.78, 5) is 0. The number of ether oxygens (including phenoxy) is 4. The molecule has 50 heavy (non-hydrogen) atoms. The molecule has 1 fully saturated rings. The summed E-state index contributed by atoms with van der Waals surface area (Å²) in [5.74, 6) is 5.59. The maximum absolute atomic E-state index is 12.9. The number of rotatable bonds is 17. The van der Waals surface area contributed by atoms with Crippen LogP contribution in [-0.4, -0.2) is 58.4 Å². The Kier molecular flexibility index (Phi) is 15.9. The fourth-order valence-electron chi connectivity index (χ4n) is 6.25. The molecule has 0 amide bonds. The van der Waals surface area contributed by atoms with Gasteiger partial charge in [-0.05, 0) is 18.9 Å². The first kappa shape index (κ1) is 42.0. The topological polar surface area (TPSA) is 80.3 Å². The standard InChI is InChI=1S/C26H26F3O7S.3C4H9.Sn/c1-6-7-10-18-15-22(32-4)23(33-5)16-19(18)24-21(34-25(2,3)35-24)14-9-12-17-11-8-13-20(17)36-37(30,31)26(27,28)29;3*1-3-4-2;/h1,6-7,10,12-13,15-16,21,24H,8,11H2,2-5H3;3*1,3-4H2,2H3;/b6-1?,10-7+,17-12-;;;;/t21-,24-;;;;/m1..../s1. The molecule has 0 N–H and O–H groups in total. The third-order valence-electron chi connectivity index (χ3n) is 8.93. The van der Waals surface area contributed by atoms with E-state index in [1.807, 2.05) is 18.2 Å². The van der Waals surface area contributed by atoms with E-state index in [1.165, 1.54) is 64.0 Å². The summed E-state index contributed by atoms with van der Waals surface area (Å²) in [5, 5.41) is 0. The van der Waals surface area contributed by atoms with Gasteiger partial charge in [0.1, 0.15) is 5.76 Å². The number of hydrogen-bond donors (Lipinski definition) is 0. The second-order valence-electron chi connectivity index (χ2n) is 13.3. The van der Waals surface area contributed by atoms with E-state index in [0.29, 0.717) is 17.9 Å². The van der Waals surface area contributed by atoms with Crippen LogP contribution >= 0.6 is 0 Å². The van der Waals surface area contributed by atoms with Crippen molar-refractivity contribution in [3.63, 3.8) is 0 Å². The van der Waals surface area contributed by atoms with Crippen LogP contribution in [-0.2, 0) is 23.8 Å². The second kappa shape index (κ2) is 18.9. The molecular weight excluding hydrogens is 776 g/mol. The normalized spacial score (nSPS) is 20.4. The average Bonchev–Trinajstić information content (AvgIpc) is 3.63. The number of halogens is 3. The molecule has 3 rings (SSSR count). The van der Waals surface area contributed by atoms with Crippen LogP contribution in [0.5, 0.6) is 11.5 Å². The summed E-state index contributed by atoms with van der Waals surface area (Å²) < 4.78 is 96.9. The molecule has 1 heterocycles. The molecule has 2 atom stereocenters. The zero-order valence-corrected chi connectivity index (χ0v) is 34.1. The molecular formula is C38H53F3O7SSn. The third kappa shape index (κ3) is 11.6. The van der Waals surface area contributed by atoms with Gasteiger partial charge in [-0.15, -0.1) is 0 Å². The molecule has 1 aromatic carbocycles. The van der Waals surface area contributed by atoms with Gasteiger partial charge in [0.15, 0.2) is 0 Å². The average molecular weight is 830 g/mol. The van der Waals surface area contributed by atoms with Crippen molar-refractivity contribution in [1.29, 1.82) is 0 Å². The Balaban J connectivity index is 1.99. The van der Waals surface area contributed by atoms with E-state index in [0.717, 1.165) is 11.1 Å². The van der Waals surface area contributed by atoms with Gasteiger partial charge in [-0.25, -0.2) is 0 Å². The first-order chi connectivity index (χ1) is 23.6. The molecule has 0 radical (unpaired) electrons. The zero-order chi connectivity index (χ0) is 37.0. The molecule has 0 saturated carbocycles. The summed E-state index contributed by atoms with van der Waals surface area (Å²) in [6.07, 6.45) is 15.7. The van der Waals surface area contributed by atoms with E-state index in [2.05, 4.69) is 53.0 Å². The van der Waals surface area contributed by atoms with Crippen LogP contribution in [0.15, 0.2) is 51.9 Å². The molecule has 0 aromatic heterocycles. The van der Waals surface area contributed by atoms with Gasteiger partial charge in [-0.2, -0.15) is 21.6 Å². The number of methoxy groups -OCH3 is 2. The summed E-state index contributed by atoms with van der Waals surface area (Å²) in [6.45, 7) is 10.4. The molecule has 0 unspecified atom stereocenters. The van der Waals surface area contributed by atoms with Crippen molar-refractivity contribution in [2.24, 2.45) is 0 Å². The van der Waals surface area contributed by atoms with Crippen molar-refractivity contribution in [1.82, 2.24) is 0 Å². The second-order valence-corrected chi connectivity index (χ2v) is 27.8. The number of alkyl halides is 3. The van der Waals surface area contributed by atoms with E-state index in [4.69, 9.17) is 18.9 Å². The van der Waals surface area contributed by atoms with E-state index in [-0.39, 0.29) is 17.8 Å². The first-order valence-electron chi connectivity index (χ1n) is 17.5. The van der Waals surface area contributed by atoms with Crippen molar-refractivity contribution in [3.05, 3.63) is 63.0 Å². The Morgan fingerprint density at radius 1 is 0.960 bits per heavy atom. The van der Waals surface area contributed by atoms with Crippen LogP contribution in [0.25, 0.3) is 6.08 Å². The molecule has 0 spiro atoms. The molecule has 1 saturated heterocycles.